The first-order valence-electron chi connectivity index (χ1n) is 4.37. The van der Waals surface area contributed by atoms with E-state index in [4.69, 9.17) is 11.6 Å². The molecule has 1 amide bonds. The van der Waals surface area contributed by atoms with Gasteiger partial charge in [0.2, 0.25) is 0 Å². The number of rotatable bonds is 3. The summed E-state index contributed by atoms with van der Waals surface area (Å²) in [5.74, 6) is -0.0794. The van der Waals surface area contributed by atoms with Gasteiger partial charge in [0.15, 0.2) is 0 Å². The van der Waals surface area contributed by atoms with E-state index < -0.39 is 0 Å². The molecule has 0 unspecified atom stereocenters. The first-order valence-corrected chi connectivity index (χ1v) is 5.54. The zero-order valence-corrected chi connectivity index (χ0v) is 10.7. The summed E-state index contributed by atoms with van der Waals surface area (Å²) in [6.07, 6.45) is 1.68. The van der Waals surface area contributed by atoms with Gasteiger partial charge in [0.25, 0.3) is 5.91 Å². The lowest BCUT2D eigenvalue weighted by Gasteiger charge is -2.15. The van der Waals surface area contributed by atoms with Crippen LogP contribution in [0.3, 0.4) is 0 Å². The van der Waals surface area contributed by atoms with E-state index in [-0.39, 0.29) is 5.91 Å². The van der Waals surface area contributed by atoms with Crippen LogP contribution in [0.25, 0.3) is 0 Å². The van der Waals surface area contributed by atoms with Crippen LogP contribution in [0.15, 0.2) is 35.3 Å². The zero-order chi connectivity index (χ0) is 11.4. The van der Waals surface area contributed by atoms with Gasteiger partial charge in [-0.2, -0.15) is 0 Å². The van der Waals surface area contributed by atoms with Crippen LogP contribution in [-0.4, -0.2) is 24.4 Å². The van der Waals surface area contributed by atoms with Crippen LogP contribution in [0.5, 0.6) is 0 Å². The highest BCUT2D eigenvalue weighted by Crippen LogP contribution is 2.22. The van der Waals surface area contributed by atoms with Gasteiger partial charge in [-0.3, -0.25) is 4.79 Å². The summed E-state index contributed by atoms with van der Waals surface area (Å²) < 4.78 is 0.743. The predicted molar refractivity (Wildman–Crippen MR) is 66.3 cm³/mol. The molecule has 0 aromatic heterocycles. The molecule has 0 radical (unpaired) electrons. The highest BCUT2D eigenvalue weighted by atomic mass is 79.9. The number of nitrogens with zero attached hydrogens (tertiary/aromatic N) is 1. The van der Waals surface area contributed by atoms with Gasteiger partial charge in [-0.25, -0.2) is 0 Å². The van der Waals surface area contributed by atoms with E-state index in [2.05, 4.69) is 22.5 Å². The van der Waals surface area contributed by atoms with Crippen LogP contribution in [0.2, 0.25) is 5.02 Å². The van der Waals surface area contributed by atoms with Crippen molar-refractivity contribution in [3.05, 3.63) is 45.9 Å². The molecule has 0 aliphatic carbocycles. The lowest BCUT2D eigenvalue weighted by Crippen LogP contribution is -2.26. The third kappa shape index (κ3) is 3.08. The van der Waals surface area contributed by atoms with Crippen molar-refractivity contribution >= 4 is 33.4 Å². The normalized spacial score (nSPS) is 9.80. The molecule has 0 spiro atoms. The van der Waals surface area contributed by atoms with E-state index in [0.29, 0.717) is 17.1 Å². The van der Waals surface area contributed by atoms with E-state index >= 15 is 0 Å². The molecule has 0 aliphatic rings. The van der Waals surface area contributed by atoms with Crippen molar-refractivity contribution < 1.29 is 4.79 Å². The Labute approximate surface area is 103 Å². The second-order valence-corrected chi connectivity index (χ2v) is 4.39. The van der Waals surface area contributed by atoms with Crippen LogP contribution in [0.4, 0.5) is 0 Å². The summed E-state index contributed by atoms with van der Waals surface area (Å²) in [6, 6.07) is 5.14. The van der Waals surface area contributed by atoms with Crippen LogP contribution in [0, 0.1) is 0 Å². The molecule has 0 saturated carbocycles. The average molecular weight is 289 g/mol. The predicted octanol–water partition coefficient (Wildman–Crippen LogP) is 3.36. The van der Waals surface area contributed by atoms with E-state index in [1.165, 1.54) is 0 Å². The van der Waals surface area contributed by atoms with Gasteiger partial charge in [0.1, 0.15) is 0 Å². The summed E-state index contributed by atoms with van der Waals surface area (Å²) in [7, 11) is 1.72. The fraction of sp³-hybridized carbons (Fsp3) is 0.182. The molecule has 15 heavy (non-hydrogen) atoms. The number of likely N-dealkylation sites (N-methyl/N-ethyl adjacent to an activating group) is 1. The molecule has 4 heteroatoms. The van der Waals surface area contributed by atoms with Crippen molar-refractivity contribution in [1.29, 1.82) is 0 Å². The minimum absolute atomic E-state index is 0.0794. The maximum Gasteiger partial charge on any atom is 0.255 e. The van der Waals surface area contributed by atoms with Gasteiger partial charge in [0.05, 0.1) is 5.56 Å². The number of halogens is 2. The monoisotopic (exact) mass is 287 g/mol. The Morgan fingerprint density at radius 3 is 2.93 bits per heavy atom. The summed E-state index contributed by atoms with van der Waals surface area (Å²) in [5, 5.41) is 0.550. The van der Waals surface area contributed by atoms with Crippen LogP contribution >= 0.6 is 27.5 Å². The SMILES string of the molecule is C=CCN(C)C(=O)c1cc(Cl)ccc1Br. The lowest BCUT2D eigenvalue weighted by atomic mass is 10.2. The first kappa shape index (κ1) is 12.3. The number of benzene rings is 1. The highest BCUT2D eigenvalue weighted by molar-refractivity contribution is 9.10. The smallest absolute Gasteiger partial charge is 0.255 e. The van der Waals surface area contributed by atoms with E-state index in [9.17, 15) is 4.79 Å². The molecular formula is C11H11BrClNO. The fourth-order valence-corrected chi connectivity index (χ4v) is 1.73. The van der Waals surface area contributed by atoms with Gasteiger partial charge in [-0.1, -0.05) is 17.7 Å². The molecular weight excluding hydrogens is 277 g/mol. The van der Waals surface area contributed by atoms with E-state index in [1.54, 1.807) is 36.2 Å². The molecule has 1 rings (SSSR count). The molecule has 0 heterocycles. The van der Waals surface area contributed by atoms with Crippen molar-refractivity contribution in [2.75, 3.05) is 13.6 Å². The van der Waals surface area contributed by atoms with Crippen molar-refractivity contribution in [2.45, 2.75) is 0 Å². The molecule has 2 nitrogen and oxygen atoms in total. The molecule has 0 N–H and O–H groups in total. The third-order valence-electron chi connectivity index (χ3n) is 1.91. The molecule has 0 saturated heterocycles. The Kier molecular flexibility index (Phi) is 4.36. The zero-order valence-electron chi connectivity index (χ0n) is 8.34. The largest absolute Gasteiger partial charge is 0.338 e. The summed E-state index contributed by atoms with van der Waals surface area (Å²) >= 11 is 9.15. The van der Waals surface area contributed by atoms with E-state index in [0.717, 1.165) is 4.47 Å². The van der Waals surface area contributed by atoms with Gasteiger partial charge < -0.3 is 4.90 Å². The van der Waals surface area contributed by atoms with Crippen molar-refractivity contribution in [1.82, 2.24) is 4.90 Å². The van der Waals surface area contributed by atoms with Gasteiger partial charge in [0, 0.05) is 23.1 Å². The number of hydrogen-bond donors (Lipinski definition) is 0. The Bertz CT molecular complexity index is 392. The standard InChI is InChI=1S/C11H11BrClNO/c1-3-6-14(2)11(15)9-7-8(13)4-5-10(9)12/h3-5,7H,1,6H2,2H3. The number of hydrogen-bond acceptors (Lipinski definition) is 1. The lowest BCUT2D eigenvalue weighted by molar-refractivity contribution is 0.0809. The maximum atomic E-state index is 11.9. The Morgan fingerprint density at radius 2 is 2.33 bits per heavy atom. The van der Waals surface area contributed by atoms with Gasteiger partial charge in [-0.15, -0.1) is 6.58 Å². The number of amides is 1. The van der Waals surface area contributed by atoms with Crippen LogP contribution < -0.4 is 0 Å². The third-order valence-corrected chi connectivity index (χ3v) is 2.84. The minimum Gasteiger partial charge on any atom is -0.338 e. The molecule has 1 aromatic rings. The molecule has 0 aliphatic heterocycles. The average Bonchev–Trinajstić information content (AvgIpc) is 2.21. The second kappa shape index (κ2) is 5.33. The molecule has 0 fully saturated rings. The maximum absolute atomic E-state index is 11.9. The van der Waals surface area contributed by atoms with Crippen molar-refractivity contribution in [3.8, 4) is 0 Å². The Balaban J connectivity index is 2.99. The summed E-state index contributed by atoms with van der Waals surface area (Å²) in [6.45, 7) is 4.10. The van der Waals surface area contributed by atoms with Crippen molar-refractivity contribution in [2.24, 2.45) is 0 Å². The summed E-state index contributed by atoms with van der Waals surface area (Å²) in [4.78, 5) is 13.5. The highest BCUT2D eigenvalue weighted by Gasteiger charge is 2.13. The summed E-state index contributed by atoms with van der Waals surface area (Å²) in [5.41, 5.74) is 0.562. The Morgan fingerprint density at radius 1 is 1.67 bits per heavy atom. The number of carbonyl (C=O) groups excluding carboxylic acids is 1. The number of carbonyl (C=O) groups is 1. The minimum atomic E-state index is -0.0794. The van der Waals surface area contributed by atoms with Crippen molar-refractivity contribution in [3.63, 3.8) is 0 Å². The first-order chi connectivity index (χ1) is 7.06. The van der Waals surface area contributed by atoms with Gasteiger partial charge >= 0.3 is 0 Å². The topological polar surface area (TPSA) is 20.3 Å². The van der Waals surface area contributed by atoms with Gasteiger partial charge in [-0.05, 0) is 34.1 Å². The molecule has 0 atom stereocenters. The second-order valence-electron chi connectivity index (χ2n) is 3.10. The Hall–Kier alpha value is -0.800. The molecule has 80 valence electrons. The molecule has 1 aromatic carbocycles. The quantitative estimate of drug-likeness (QED) is 0.781. The molecule has 0 bridgehead atoms. The fourth-order valence-electron chi connectivity index (χ4n) is 1.14. The van der Waals surface area contributed by atoms with E-state index in [1.807, 2.05) is 0 Å². The van der Waals surface area contributed by atoms with Crippen LogP contribution in [0.1, 0.15) is 10.4 Å². The van der Waals surface area contributed by atoms with Crippen LogP contribution in [-0.2, 0) is 0 Å².